The number of nitrogens with zero attached hydrogens (tertiary/aromatic N) is 3. The second-order valence-corrected chi connectivity index (χ2v) is 9.16. The number of rotatable bonds is 9. The highest BCUT2D eigenvalue weighted by molar-refractivity contribution is 7.91. The summed E-state index contributed by atoms with van der Waals surface area (Å²) in [5.41, 5.74) is 0. The molecule has 1 heterocycles. The van der Waals surface area contributed by atoms with E-state index < -0.39 is 19.9 Å². The highest BCUT2D eigenvalue weighted by Gasteiger charge is 2.23. The van der Waals surface area contributed by atoms with Crippen molar-refractivity contribution in [1.82, 2.24) is 19.4 Å². The first kappa shape index (κ1) is 18.1. The molecule has 8 nitrogen and oxygen atoms in total. The van der Waals surface area contributed by atoms with Gasteiger partial charge in [-0.1, -0.05) is 0 Å². The van der Waals surface area contributed by atoms with Gasteiger partial charge in [-0.3, -0.25) is 4.68 Å². The average Bonchev–Trinajstić information content (AvgIpc) is 2.84. The Labute approximate surface area is 126 Å². The Balaban J connectivity index is 2.73. The number of aryl methyl sites for hydroxylation is 1. The first-order chi connectivity index (χ1) is 9.66. The van der Waals surface area contributed by atoms with Crippen LogP contribution >= 0.6 is 0 Å². The third-order valence-electron chi connectivity index (χ3n) is 2.91. The summed E-state index contributed by atoms with van der Waals surface area (Å²) in [6, 6.07) is 0. The Morgan fingerprint density at radius 3 is 2.57 bits per heavy atom. The van der Waals surface area contributed by atoms with Gasteiger partial charge in [0, 0.05) is 32.6 Å². The third-order valence-corrected chi connectivity index (χ3v) is 5.64. The fraction of sp³-hybridized carbons (Fsp3) is 0.727. The van der Waals surface area contributed by atoms with Gasteiger partial charge in [0.1, 0.15) is 14.7 Å². The van der Waals surface area contributed by atoms with Crippen LogP contribution in [-0.4, -0.2) is 70.1 Å². The molecule has 0 fully saturated rings. The van der Waals surface area contributed by atoms with Crippen molar-refractivity contribution >= 4 is 19.9 Å². The van der Waals surface area contributed by atoms with Gasteiger partial charge in [-0.05, 0) is 20.0 Å². The number of hydrogen-bond acceptors (Lipinski definition) is 6. The van der Waals surface area contributed by atoms with Crippen LogP contribution in [0.2, 0.25) is 0 Å². The number of nitrogens with one attached hydrogen (secondary N) is 1. The molecule has 0 aliphatic heterocycles. The van der Waals surface area contributed by atoms with E-state index in [0.717, 1.165) is 23.5 Å². The Hall–Kier alpha value is -0.970. The number of hydrogen-bond donors (Lipinski definition) is 1. The molecule has 0 amide bonds. The van der Waals surface area contributed by atoms with E-state index in [2.05, 4.69) is 10.4 Å². The monoisotopic (exact) mass is 338 g/mol. The maximum absolute atomic E-state index is 12.3. The van der Waals surface area contributed by atoms with Crippen molar-refractivity contribution in [2.24, 2.45) is 0 Å². The van der Waals surface area contributed by atoms with Gasteiger partial charge in [0.05, 0.1) is 11.9 Å². The Morgan fingerprint density at radius 1 is 1.33 bits per heavy atom. The van der Waals surface area contributed by atoms with Gasteiger partial charge in [-0.15, -0.1) is 0 Å². The van der Waals surface area contributed by atoms with Crippen molar-refractivity contribution in [3.05, 3.63) is 12.4 Å². The van der Waals surface area contributed by atoms with Crippen molar-refractivity contribution in [1.29, 1.82) is 0 Å². The summed E-state index contributed by atoms with van der Waals surface area (Å²) in [5, 5.41) is 7.01. The predicted octanol–water partition coefficient (Wildman–Crippen LogP) is -0.842. The smallest absolute Gasteiger partial charge is 0.245 e. The van der Waals surface area contributed by atoms with Gasteiger partial charge < -0.3 is 5.32 Å². The van der Waals surface area contributed by atoms with Crippen LogP contribution in [0.3, 0.4) is 0 Å². The molecule has 0 radical (unpaired) electrons. The minimum Gasteiger partial charge on any atom is -0.320 e. The number of aromatic nitrogens is 2. The summed E-state index contributed by atoms with van der Waals surface area (Å²) in [4.78, 5) is 0.0722. The topological polar surface area (TPSA) is 101 Å². The molecule has 0 aliphatic rings. The van der Waals surface area contributed by atoms with Crippen LogP contribution in [-0.2, 0) is 26.4 Å². The largest absolute Gasteiger partial charge is 0.320 e. The minimum absolute atomic E-state index is 0.0722. The fourth-order valence-electron chi connectivity index (χ4n) is 1.61. The zero-order valence-electron chi connectivity index (χ0n) is 12.5. The number of sulfonamides is 1. The molecule has 0 saturated heterocycles. The van der Waals surface area contributed by atoms with E-state index in [9.17, 15) is 16.8 Å². The molecule has 1 N–H and O–H groups in total. The van der Waals surface area contributed by atoms with Gasteiger partial charge in [0.15, 0.2) is 0 Å². The molecular weight excluding hydrogens is 316 g/mol. The van der Waals surface area contributed by atoms with Crippen LogP contribution in [0.1, 0.15) is 6.42 Å². The number of sulfone groups is 1. The van der Waals surface area contributed by atoms with Gasteiger partial charge in [-0.25, -0.2) is 16.8 Å². The van der Waals surface area contributed by atoms with Crippen LogP contribution in [0.4, 0.5) is 0 Å². The summed E-state index contributed by atoms with van der Waals surface area (Å²) >= 11 is 0. The van der Waals surface area contributed by atoms with Gasteiger partial charge in [-0.2, -0.15) is 9.40 Å². The van der Waals surface area contributed by atoms with Crippen molar-refractivity contribution in [3.63, 3.8) is 0 Å². The van der Waals surface area contributed by atoms with E-state index in [1.165, 1.54) is 19.4 Å². The summed E-state index contributed by atoms with van der Waals surface area (Å²) in [5.74, 6) is -0.209. The van der Waals surface area contributed by atoms with Gasteiger partial charge in [0.2, 0.25) is 10.0 Å². The van der Waals surface area contributed by atoms with Crippen LogP contribution in [0.25, 0.3) is 0 Å². The molecule has 0 aromatic carbocycles. The standard InChI is InChI=1S/C11H22N4O4S2/c1-12-5-4-6-15-10-11(9-13-15)21(18,19)14(2)7-8-20(3,16)17/h9-10,12H,4-8H2,1-3H3. The second kappa shape index (κ2) is 7.34. The normalized spacial score (nSPS) is 13.0. The highest BCUT2D eigenvalue weighted by Crippen LogP contribution is 2.13. The van der Waals surface area contributed by atoms with Crippen molar-refractivity contribution in [3.8, 4) is 0 Å². The second-order valence-electron chi connectivity index (χ2n) is 4.85. The van der Waals surface area contributed by atoms with Crippen LogP contribution in [0.5, 0.6) is 0 Å². The van der Waals surface area contributed by atoms with E-state index in [1.807, 2.05) is 7.05 Å². The highest BCUT2D eigenvalue weighted by atomic mass is 32.2. The van der Waals surface area contributed by atoms with Crippen molar-refractivity contribution in [2.75, 3.05) is 39.2 Å². The summed E-state index contributed by atoms with van der Waals surface area (Å²) in [7, 11) is -3.70. The lowest BCUT2D eigenvalue weighted by Crippen LogP contribution is -2.31. The van der Waals surface area contributed by atoms with Crippen molar-refractivity contribution < 1.29 is 16.8 Å². The maximum atomic E-state index is 12.3. The lowest BCUT2D eigenvalue weighted by atomic mass is 10.4. The molecule has 1 aromatic rings. The SMILES string of the molecule is CNCCCn1cc(S(=O)(=O)N(C)CCS(C)(=O)=O)cn1. The molecule has 21 heavy (non-hydrogen) atoms. The zero-order valence-corrected chi connectivity index (χ0v) is 14.1. The molecular formula is C11H22N4O4S2. The molecule has 0 aliphatic carbocycles. The molecule has 122 valence electrons. The molecule has 1 aromatic heterocycles. The molecule has 0 bridgehead atoms. The first-order valence-electron chi connectivity index (χ1n) is 6.48. The van der Waals surface area contributed by atoms with Crippen molar-refractivity contribution in [2.45, 2.75) is 17.9 Å². The summed E-state index contributed by atoms with van der Waals surface area (Å²) in [6.45, 7) is 1.35. The fourth-order valence-corrected chi connectivity index (χ4v) is 3.46. The van der Waals surface area contributed by atoms with Gasteiger partial charge in [0.25, 0.3) is 0 Å². The average molecular weight is 338 g/mol. The predicted molar refractivity (Wildman–Crippen MR) is 80.3 cm³/mol. The van der Waals surface area contributed by atoms with Gasteiger partial charge >= 0.3 is 0 Å². The first-order valence-corrected chi connectivity index (χ1v) is 9.98. The molecule has 10 heteroatoms. The van der Waals surface area contributed by atoms with Crippen LogP contribution in [0.15, 0.2) is 17.3 Å². The quantitative estimate of drug-likeness (QED) is 0.589. The maximum Gasteiger partial charge on any atom is 0.245 e. The molecule has 0 saturated carbocycles. The zero-order chi connectivity index (χ0) is 16.1. The summed E-state index contributed by atoms with van der Waals surface area (Å²) in [6.07, 6.45) is 4.66. The molecule has 0 unspecified atom stereocenters. The third kappa shape index (κ3) is 5.73. The Kier molecular flexibility index (Phi) is 6.32. The van der Waals surface area contributed by atoms with E-state index >= 15 is 0 Å². The van der Waals surface area contributed by atoms with Crippen LogP contribution in [0, 0.1) is 0 Å². The minimum atomic E-state index is -3.70. The molecule has 0 atom stereocenters. The lowest BCUT2D eigenvalue weighted by molar-refractivity contribution is 0.484. The van der Waals surface area contributed by atoms with E-state index in [0.29, 0.717) is 6.54 Å². The van der Waals surface area contributed by atoms with Crippen LogP contribution < -0.4 is 5.32 Å². The lowest BCUT2D eigenvalue weighted by Gasteiger charge is -2.15. The Bertz CT molecular complexity index is 652. The molecule has 1 rings (SSSR count). The van der Waals surface area contributed by atoms with E-state index in [-0.39, 0.29) is 17.2 Å². The van der Waals surface area contributed by atoms with E-state index in [1.54, 1.807) is 4.68 Å². The molecule has 0 spiro atoms. The summed E-state index contributed by atoms with van der Waals surface area (Å²) < 4.78 is 49.3. The van der Waals surface area contributed by atoms with E-state index in [4.69, 9.17) is 0 Å². The Morgan fingerprint density at radius 2 is 2.00 bits per heavy atom.